The molecule has 2 heterocycles. The van der Waals surface area contributed by atoms with Crippen LogP contribution in [0.3, 0.4) is 0 Å². The summed E-state index contributed by atoms with van der Waals surface area (Å²) in [5, 5.41) is 44.5. The number of hydrogen-bond acceptors (Lipinski definition) is 12. The molecule has 44 heavy (non-hydrogen) atoms. The molecule has 1 aliphatic rings. The lowest BCUT2D eigenvalue weighted by molar-refractivity contribution is 0.0975. The molecule has 232 valence electrons. The van der Waals surface area contributed by atoms with Crippen LogP contribution in [-0.2, 0) is 26.2 Å². The number of nitrogens with one attached hydrogen (secondary N) is 2. The van der Waals surface area contributed by atoms with Gasteiger partial charge < -0.3 is 30.6 Å². The van der Waals surface area contributed by atoms with E-state index in [0.717, 1.165) is 25.9 Å². The van der Waals surface area contributed by atoms with Gasteiger partial charge in [-0.25, -0.2) is 0 Å². The van der Waals surface area contributed by atoms with Crippen molar-refractivity contribution >= 4 is 22.9 Å². The number of aromatic nitrogens is 6. The highest BCUT2D eigenvalue weighted by Crippen LogP contribution is 2.42. The smallest absolute Gasteiger partial charge is 0.200 e. The van der Waals surface area contributed by atoms with Crippen LogP contribution in [0.4, 0.5) is 11.4 Å². The topological polar surface area (TPSA) is 167 Å². The number of ketones is 2. The highest BCUT2D eigenvalue weighted by Gasteiger charge is 2.38. The Labute approximate surface area is 255 Å². The number of anilines is 2. The Morgan fingerprint density at radius 2 is 1.07 bits per heavy atom. The van der Waals surface area contributed by atoms with Gasteiger partial charge in [-0.15, -0.1) is 10.2 Å². The van der Waals surface area contributed by atoms with Crippen LogP contribution in [-0.4, -0.2) is 103 Å². The van der Waals surface area contributed by atoms with Crippen LogP contribution < -0.4 is 10.6 Å². The van der Waals surface area contributed by atoms with E-state index in [1.165, 1.54) is 24.3 Å². The van der Waals surface area contributed by atoms with E-state index in [1.807, 2.05) is 40.6 Å². The molecule has 0 saturated carbocycles. The highest BCUT2D eigenvalue weighted by molar-refractivity contribution is 6.33. The predicted molar refractivity (Wildman–Crippen MR) is 164 cm³/mol. The Balaban J connectivity index is 1.34. The first-order valence-electron chi connectivity index (χ1n) is 14.5. The Bertz CT molecular complexity index is 1540. The molecule has 0 aliphatic heterocycles. The Morgan fingerprint density at radius 1 is 0.659 bits per heavy atom. The van der Waals surface area contributed by atoms with Gasteiger partial charge in [-0.2, -0.15) is 0 Å². The van der Waals surface area contributed by atoms with Crippen molar-refractivity contribution in [2.75, 3.05) is 51.9 Å². The number of phenolic OH excluding ortho intramolecular Hbond substituents is 2. The summed E-state index contributed by atoms with van der Waals surface area (Å²) in [5.41, 5.74) is 1.72. The third-order valence-corrected chi connectivity index (χ3v) is 7.35. The van der Waals surface area contributed by atoms with E-state index in [4.69, 9.17) is 0 Å². The maximum atomic E-state index is 13.9. The SMILES string of the molecule is CN(C)CCCn1cc(CNc2ccc(O)c3c2C(=O)c2c(O)ccc(NCc4cn(CCCN(C)C)nn4)c2C3=O)nn1. The number of rotatable bonds is 14. The van der Waals surface area contributed by atoms with Crippen molar-refractivity contribution < 1.29 is 19.8 Å². The summed E-state index contributed by atoms with van der Waals surface area (Å²) in [6.45, 7) is 3.76. The van der Waals surface area contributed by atoms with Crippen molar-refractivity contribution in [1.29, 1.82) is 0 Å². The number of fused-ring (bicyclic) bond motifs is 2. The quantitative estimate of drug-likeness (QED) is 0.137. The molecule has 4 aromatic rings. The normalized spacial score (nSPS) is 12.6. The number of hydrogen-bond donors (Lipinski definition) is 4. The van der Waals surface area contributed by atoms with Gasteiger partial charge >= 0.3 is 0 Å². The lowest BCUT2D eigenvalue weighted by Crippen LogP contribution is -2.24. The first-order chi connectivity index (χ1) is 21.1. The second-order valence-corrected chi connectivity index (χ2v) is 11.4. The van der Waals surface area contributed by atoms with E-state index >= 15 is 0 Å². The highest BCUT2D eigenvalue weighted by atomic mass is 16.3. The summed E-state index contributed by atoms with van der Waals surface area (Å²) in [4.78, 5) is 31.9. The molecule has 0 atom stereocenters. The van der Waals surface area contributed by atoms with E-state index in [2.05, 4.69) is 41.1 Å². The van der Waals surface area contributed by atoms with Crippen molar-refractivity contribution in [3.63, 3.8) is 0 Å². The van der Waals surface area contributed by atoms with Gasteiger partial charge in [0, 0.05) is 24.5 Å². The van der Waals surface area contributed by atoms with Gasteiger partial charge in [0.05, 0.1) is 47.7 Å². The van der Waals surface area contributed by atoms with Crippen LogP contribution in [0.5, 0.6) is 11.5 Å². The average molecular weight is 603 g/mol. The average Bonchev–Trinajstić information content (AvgIpc) is 3.63. The van der Waals surface area contributed by atoms with Gasteiger partial charge in [-0.05, 0) is 78.4 Å². The van der Waals surface area contributed by atoms with Crippen LogP contribution in [0.2, 0.25) is 0 Å². The van der Waals surface area contributed by atoms with Gasteiger partial charge in [0.2, 0.25) is 11.6 Å². The van der Waals surface area contributed by atoms with Crippen LogP contribution in [0.1, 0.15) is 56.1 Å². The molecule has 0 bridgehead atoms. The Hall–Kier alpha value is -4.82. The number of phenols is 2. The van der Waals surface area contributed by atoms with Crippen molar-refractivity contribution in [2.45, 2.75) is 39.0 Å². The molecule has 0 fully saturated rings. The standard InChI is InChI=1S/C30H38N10O4/c1-37(2)11-5-13-39-17-19(33-35-39)15-31-21-7-9-23(41)27-25(21)29(43)28-24(42)10-8-22(26(28)30(27)44)32-16-20-18-40(36-34-20)14-6-12-38(3)4/h7-10,17-18,31-32,41-42H,5-6,11-16H2,1-4H3. The maximum Gasteiger partial charge on any atom is 0.200 e. The van der Waals surface area contributed by atoms with Crippen molar-refractivity contribution in [1.82, 2.24) is 39.8 Å². The molecule has 4 N–H and O–H groups in total. The molecule has 14 heteroatoms. The number of carbonyl (C=O) groups is 2. The first kappa shape index (κ1) is 30.6. The first-order valence-corrected chi connectivity index (χ1v) is 14.5. The van der Waals surface area contributed by atoms with Gasteiger partial charge in [-0.3, -0.25) is 19.0 Å². The summed E-state index contributed by atoms with van der Waals surface area (Å²) in [7, 11) is 8.05. The van der Waals surface area contributed by atoms with Gasteiger partial charge in [0.15, 0.2) is 0 Å². The lowest BCUT2D eigenvalue weighted by Gasteiger charge is -2.24. The van der Waals surface area contributed by atoms with Gasteiger partial charge in [-0.1, -0.05) is 10.4 Å². The number of aromatic hydroxyl groups is 2. The van der Waals surface area contributed by atoms with E-state index < -0.39 is 11.6 Å². The lowest BCUT2D eigenvalue weighted by atomic mass is 9.81. The minimum atomic E-state index is -0.576. The van der Waals surface area contributed by atoms with Crippen LogP contribution in [0.25, 0.3) is 0 Å². The number of aryl methyl sites for hydroxylation is 2. The minimum absolute atomic E-state index is 0.00556. The minimum Gasteiger partial charge on any atom is -0.507 e. The summed E-state index contributed by atoms with van der Waals surface area (Å²) < 4.78 is 3.52. The van der Waals surface area contributed by atoms with E-state index in [-0.39, 0.29) is 46.8 Å². The van der Waals surface area contributed by atoms with E-state index in [9.17, 15) is 19.8 Å². The molecule has 0 saturated heterocycles. The molecule has 14 nitrogen and oxygen atoms in total. The van der Waals surface area contributed by atoms with Gasteiger partial charge in [0.1, 0.15) is 22.9 Å². The molecular weight excluding hydrogens is 564 g/mol. The van der Waals surface area contributed by atoms with Crippen molar-refractivity contribution in [3.8, 4) is 11.5 Å². The predicted octanol–water partition coefficient (Wildman–Crippen LogP) is 2.18. The second kappa shape index (κ2) is 13.2. The fourth-order valence-electron chi connectivity index (χ4n) is 5.19. The van der Waals surface area contributed by atoms with E-state index in [0.29, 0.717) is 35.9 Å². The third kappa shape index (κ3) is 6.71. The molecule has 2 aromatic carbocycles. The number of carbonyl (C=O) groups excluding carboxylic acids is 2. The molecule has 2 aromatic heterocycles. The summed E-state index contributed by atoms with van der Waals surface area (Å²) >= 11 is 0. The Morgan fingerprint density at radius 3 is 1.45 bits per heavy atom. The zero-order chi connectivity index (χ0) is 31.4. The molecule has 0 amide bonds. The fourth-order valence-corrected chi connectivity index (χ4v) is 5.19. The number of benzene rings is 2. The molecule has 5 rings (SSSR count). The van der Waals surface area contributed by atoms with Crippen molar-refractivity contribution in [2.24, 2.45) is 0 Å². The molecular formula is C30H38N10O4. The molecule has 0 unspecified atom stereocenters. The monoisotopic (exact) mass is 602 g/mol. The zero-order valence-electron chi connectivity index (χ0n) is 25.4. The summed E-state index contributed by atoms with van der Waals surface area (Å²) in [5.74, 6) is -1.80. The second-order valence-electron chi connectivity index (χ2n) is 11.4. The maximum absolute atomic E-state index is 13.9. The van der Waals surface area contributed by atoms with Crippen molar-refractivity contribution in [3.05, 3.63) is 70.3 Å². The number of nitrogens with zero attached hydrogens (tertiary/aromatic N) is 8. The summed E-state index contributed by atoms with van der Waals surface area (Å²) in [6, 6.07) is 5.82. The van der Waals surface area contributed by atoms with Crippen LogP contribution >= 0.6 is 0 Å². The fraction of sp³-hybridized carbons (Fsp3) is 0.400. The summed E-state index contributed by atoms with van der Waals surface area (Å²) in [6.07, 6.45) is 5.48. The Kier molecular flexibility index (Phi) is 9.20. The van der Waals surface area contributed by atoms with Crippen LogP contribution in [0.15, 0.2) is 36.7 Å². The molecule has 1 aliphatic carbocycles. The molecule has 0 radical (unpaired) electrons. The van der Waals surface area contributed by atoms with Gasteiger partial charge in [0.25, 0.3) is 0 Å². The van der Waals surface area contributed by atoms with Crippen LogP contribution in [0, 0.1) is 0 Å². The molecule has 0 spiro atoms. The zero-order valence-corrected chi connectivity index (χ0v) is 25.4. The third-order valence-electron chi connectivity index (χ3n) is 7.35. The largest absolute Gasteiger partial charge is 0.507 e. The van der Waals surface area contributed by atoms with E-state index in [1.54, 1.807) is 9.36 Å².